The van der Waals surface area contributed by atoms with Crippen LogP contribution in [0.2, 0.25) is 0 Å². The molecule has 1 fully saturated rings. The first kappa shape index (κ1) is 26.2. The molecule has 3 N–H and O–H groups in total. The predicted octanol–water partition coefficient (Wildman–Crippen LogP) is 2.63. The molecule has 0 aromatic heterocycles. The van der Waals surface area contributed by atoms with E-state index in [0.29, 0.717) is 19.5 Å². The fraction of sp³-hybridized carbons (Fsp3) is 0.444. The number of amides is 3. The Bertz CT molecular complexity index is 931. The first-order valence-corrected chi connectivity index (χ1v) is 12.3. The van der Waals surface area contributed by atoms with Crippen LogP contribution in [0, 0.1) is 0 Å². The minimum absolute atomic E-state index is 0.00198. The lowest BCUT2D eigenvalue weighted by Gasteiger charge is -2.32. The first-order valence-electron chi connectivity index (χ1n) is 12.3. The normalized spacial score (nSPS) is 15.1. The van der Waals surface area contributed by atoms with E-state index >= 15 is 0 Å². The minimum atomic E-state index is -0.751. The molecular formula is C27H36N4O4. The average Bonchev–Trinajstić information content (AvgIpc) is 2.88. The van der Waals surface area contributed by atoms with Gasteiger partial charge in [0.1, 0.15) is 12.6 Å². The van der Waals surface area contributed by atoms with Crippen LogP contribution >= 0.6 is 0 Å². The molecule has 0 bridgehead atoms. The first-order chi connectivity index (χ1) is 17.0. The fourth-order valence-corrected chi connectivity index (χ4v) is 4.03. The molecular weight excluding hydrogens is 444 g/mol. The van der Waals surface area contributed by atoms with Crippen molar-refractivity contribution in [3.05, 3.63) is 71.8 Å². The number of rotatable bonds is 11. The Balaban J connectivity index is 1.51. The van der Waals surface area contributed by atoms with E-state index < -0.39 is 12.1 Å². The van der Waals surface area contributed by atoms with Crippen LogP contribution in [0.15, 0.2) is 60.7 Å². The Hall–Kier alpha value is -3.39. The van der Waals surface area contributed by atoms with E-state index in [1.54, 1.807) is 0 Å². The van der Waals surface area contributed by atoms with E-state index in [-0.39, 0.29) is 24.5 Å². The lowest BCUT2D eigenvalue weighted by Crippen LogP contribution is -2.53. The van der Waals surface area contributed by atoms with Crippen molar-refractivity contribution in [1.29, 1.82) is 0 Å². The summed E-state index contributed by atoms with van der Waals surface area (Å²) in [5.41, 5.74) is 1.82. The van der Waals surface area contributed by atoms with Gasteiger partial charge in [0.2, 0.25) is 11.8 Å². The number of ether oxygens (including phenoxy) is 1. The highest BCUT2D eigenvalue weighted by molar-refractivity contribution is 5.86. The van der Waals surface area contributed by atoms with E-state index in [4.69, 9.17) is 4.74 Å². The summed E-state index contributed by atoms with van der Waals surface area (Å²) in [6, 6.07) is 18.2. The summed E-state index contributed by atoms with van der Waals surface area (Å²) in [5, 5.41) is 8.73. The van der Waals surface area contributed by atoms with E-state index in [1.165, 1.54) is 0 Å². The number of nitrogens with one attached hydrogen (secondary N) is 3. The Morgan fingerprint density at radius 2 is 1.60 bits per heavy atom. The molecule has 2 aromatic carbocycles. The van der Waals surface area contributed by atoms with Gasteiger partial charge in [0, 0.05) is 32.1 Å². The van der Waals surface area contributed by atoms with Crippen molar-refractivity contribution >= 4 is 17.9 Å². The van der Waals surface area contributed by atoms with Gasteiger partial charge in [-0.3, -0.25) is 14.5 Å². The number of nitrogens with zero attached hydrogens (tertiary/aromatic N) is 1. The van der Waals surface area contributed by atoms with Crippen LogP contribution in [0.1, 0.15) is 37.3 Å². The molecule has 1 heterocycles. The molecule has 3 amide bonds. The zero-order valence-corrected chi connectivity index (χ0v) is 20.4. The van der Waals surface area contributed by atoms with Gasteiger partial charge in [0.05, 0.1) is 6.54 Å². The molecule has 188 valence electrons. The van der Waals surface area contributed by atoms with E-state index in [2.05, 4.69) is 20.9 Å². The molecule has 0 radical (unpaired) electrons. The van der Waals surface area contributed by atoms with Crippen LogP contribution in [-0.2, 0) is 27.4 Å². The second-order valence-electron chi connectivity index (χ2n) is 8.86. The van der Waals surface area contributed by atoms with Crippen molar-refractivity contribution < 1.29 is 19.1 Å². The van der Waals surface area contributed by atoms with E-state index in [1.807, 2.05) is 67.6 Å². The lowest BCUT2D eigenvalue weighted by atomic mass is 10.0. The van der Waals surface area contributed by atoms with Gasteiger partial charge in [-0.05, 0) is 30.4 Å². The molecule has 0 saturated carbocycles. The summed E-state index contributed by atoms with van der Waals surface area (Å²) in [7, 11) is 0. The lowest BCUT2D eigenvalue weighted by molar-refractivity contribution is -0.125. The molecule has 2 aromatic rings. The highest BCUT2D eigenvalue weighted by Crippen LogP contribution is 2.12. The summed E-state index contributed by atoms with van der Waals surface area (Å²) < 4.78 is 5.34. The average molecular weight is 481 g/mol. The number of carbonyl (C=O) groups is 3. The molecule has 1 aliphatic rings. The second kappa shape index (κ2) is 14.1. The zero-order chi connectivity index (χ0) is 24.9. The summed E-state index contributed by atoms with van der Waals surface area (Å²) in [4.78, 5) is 39.7. The largest absolute Gasteiger partial charge is 0.445 e. The quantitative estimate of drug-likeness (QED) is 0.459. The third kappa shape index (κ3) is 9.41. The standard InChI is InChI=1S/C27H36N4O4/c1-2-15-28-25(32)19-31-16-13-23(14-17-31)29-26(33)24(18-21-9-5-3-6-10-21)30-27(34)35-20-22-11-7-4-8-12-22/h3-12,23-24H,2,13-20H2,1H3,(H,28,32)(H,29,33)(H,30,34)/t24-/m0/s1. The fourth-order valence-electron chi connectivity index (χ4n) is 4.03. The van der Waals surface area contributed by atoms with E-state index in [0.717, 1.165) is 43.5 Å². The van der Waals surface area contributed by atoms with Gasteiger partial charge >= 0.3 is 6.09 Å². The maximum Gasteiger partial charge on any atom is 0.408 e. The highest BCUT2D eigenvalue weighted by Gasteiger charge is 2.27. The highest BCUT2D eigenvalue weighted by atomic mass is 16.5. The topological polar surface area (TPSA) is 99.8 Å². The third-order valence-electron chi connectivity index (χ3n) is 5.98. The van der Waals surface area contributed by atoms with Crippen LogP contribution in [0.5, 0.6) is 0 Å². The van der Waals surface area contributed by atoms with Gasteiger partial charge in [-0.1, -0.05) is 67.6 Å². The summed E-state index contributed by atoms with van der Waals surface area (Å²) in [6.07, 6.45) is 2.16. The smallest absolute Gasteiger partial charge is 0.408 e. The Kier molecular flexibility index (Phi) is 10.6. The molecule has 1 atom stereocenters. The number of hydrogen-bond acceptors (Lipinski definition) is 5. The molecule has 0 spiro atoms. The van der Waals surface area contributed by atoms with Crippen LogP contribution < -0.4 is 16.0 Å². The molecule has 0 aliphatic carbocycles. The Labute approximate surface area is 207 Å². The van der Waals surface area contributed by atoms with Crippen molar-refractivity contribution in [2.24, 2.45) is 0 Å². The molecule has 1 saturated heterocycles. The number of alkyl carbamates (subject to hydrolysis) is 1. The van der Waals surface area contributed by atoms with Crippen molar-refractivity contribution in [3.8, 4) is 0 Å². The summed E-state index contributed by atoms with van der Waals surface area (Å²) in [5.74, 6) is -0.194. The van der Waals surface area contributed by atoms with Crippen molar-refractivity contribution in [3.63, 3.8) is 0 Å². The Morgan fingerprint density at radius 3 is 2.23 bits per heavy atom. The van der Waals surface area contributed by atoms with Crippen LogP contribution in [0.3, 0.4) is 0 Å². The molecule has 35 heavy (non-hydrogen) atoms. The molecule has 0 unspecified atom stereocenters. The van der Waals surface area contributed by atoms with E-state index in [9.17, 15) is 14.4 Å². The van der Waals surface area contributed by atoms with Gasteiger partial charge in [0.25, 0.3) is 0 Å². The monoisotopic (exact) mass is 480 g/mol. The van der Waals surface area contributed by atoms with Crippen molar-refractivity contribution in [2.45, 2.75) is 51.3 Å². The second-order valence-corrected chi connectivity index (χ2v) is 8.86. The predicted molar refractivity (Wildman–Crippen MR) is 135 cm³/mol. The van der Waals surface area contributed by atoms with Gasteiger partial charge in [-0.2, -0.15) is 0 Å². The molecule has 1 aliphatic heterocycles. The molecule has 3 rings (SSSR count). The number of likely N-dealkylation sites (tertiary alicyclic amines) is 1. The van der Waals surface area contributed by atoms with Crippen LogP contribution in [0.25, 0.3) is 0 Å². The molecule has 8 heteroatoms. The van der Waals surface area contributed by atoms with Crippen LogP contribution in [0.4, 0.5) is 4.79 Å². The maximum atomic E-state index is 13.1. The summed E-state index contributed by atoms with van der Waals surface area (Å²) >= 11 is 0. The maximum absolute atomic E-state index is 13.1. The van der Waals surface area contributed by atoms with Gasteiger partial charge in [-0.15, -0.1) is 0 Å². The number of carbonyl (C=O) groups excluding carboxylic acids is 3. The van der Waals surface area contributed by atoms with Gasteiger partial charge in [0.15, 0.2) is 0 Å². The van der Waals surface area contributed by atoms with Gasteiger partial charge in [-0.25, -0.2) is 4.79 Å². The number of piperidine rings is 1. The SMILES string of the molecule is CCCNC(=O)CN1CCC(NC(=O)[C@H](Cc2ccccc2)NC(=O)OCc2ccccc2)CC1. The summed E-state index contributed by atoms with van der Waals surface area (Å²) in [6.45, 7) is 4.70. The third-order valence-corrected chi connectivity index (χ3v) is 5.98. The van der Waals surface area contributed by atoms with Crippen molar-refractivity contribution in [2.75, 3.05) is 26.2 Å². The number of hydrogen-bond donors (Lipinski definition) is 3. The Morgan fingerprint density at radius 1 is 0.971 bits per heavy atom. The van der Waals surface area contributed by atoms with Crippen LogP contribution in [-0.4, -0.2) is 61.1 Å². The number of benzene rings is 2. The minimum Gasteiger partial charge on any atom is -0.445 e. The van der Waals surface area contributed by atoms with Crippen molar-refractivity contribution in [1.82, 2.24) is 20.9 Å². The molecule has 8 nitrogen and oxygen atoms in total. The zero-order valence-electron chi connectivity index (χ0n) is 20.4. The van der Waals surface area contributed by atoms with Gasteiger partial charge < -0.3 is 20.7 Å².